The summed E-state index contributed by atoms with van der Waals surface area (Å²) in [5.74, 6) is 0.739. The SMILES string of the molecule is COc1ccc(-n2c(-c3ncccc3C#N)nc3cc(C(F)(F)F)ccc32)nn1. The van der Waals surface area contributed by atoms with E-state index < -0.39 is 11.7 Å². The van der Waals surface area contributed by atoms with E-state index in [1.807, 2.05) is 6.07 Å². The number of halogens is 3. The number of aromatic nitrogens is 5. The second-order valence-electron chi connectivity index (χ2n) is 5.92. The molecule has 0 fully saturated rings. The summed E-state index contributed by atoms with van der Waals surface area (Å²) in [4.78, 5) is 8.54. The number of hydrogen-bond acceptors (Lipinski definition) is 6. The second kappa shape index (κ2) is 6.87. The van der Waals surface area contributed by atoms with Crippen molar-refractivity contribution in [3.05, 3.63) is 59.8 Å². The van der Waals surface area contributed by atoms with Gasteiger partial charge in [0.1, 0.15) is 11.8 Å². The molecule has 4 aromatic rings. The number of ether oxygens (including phenoxy) is 1. The molecule has 144 valence electrons. The summed E-state index contributed by atoms with van der Waals surface area (Å²) in [6.07, 6.45) is -3.04. The predicted octanol–water partition coefficient (Wildman–Crippen LogP) is 3.78. The summed E-state index contributed by atoms with van der Waals surface area (Å²) in [7, 11) is 1.44. The van der Waals surface area contributed by atoms with Crippen LogP contribution in [0.25, 0.3) is 28.4 Å². The molecule has 0 saturated carbocycles. The maximum atomic E-state index is 13.1. The molecule has 0 radical (unpaired) electrons. The Balaban J connectivity index is 2.03. The van der Waals surface area contributed by atoms with E-state index >= 15 is 0 Å². The number of benzene rings is 1. The van der Waals surface area contributed by atoms with E-state index in [0.29, 0.717) is 5.52 Å². The lowest BCUT2D eigenvalue weighted by Crippen LogP contribution is -2.05. The zero-order valence-electron chi connectivity index (χ0n) is 14.8. The van der Waals surface area contributed by atoms with Gasteiger partial charge in [-0.05, 0) is 36.4 Å². The van der Waals surface area contributed by atoms with Crippen molar-refractivity contribution in [2.45, 2.75) is 6.18 Å². The smallest absolute Gasteiger partial charge is 0.416 e. The van der Waals surface area contributed by atoms with Crippen molar-refractivity contribution >= 4 is 11.0 Å². The van der Waals surface area contributed by atoms with Gasteiger partial charge >= 0.3 is 6.18 Å². The van der Waals surface area contributed by atoms with Crippen molar-refractivity contribution < 1.29 is 17.9 Å². The molecule has 0 unspecified atom stereocenters. The molecular formula is C19H11F3N6O. The summed E-state index contributed by atoms with van der Waals surface area (Å²) in [5, 5.41) is 17.4. The Kier molecular flexibility index (Phi) is 4.35. The number of hydrogen-bond donors (Lipinski definition) is 0. The summed E-state index contributed by atoms with van der Waals surface area (Å²) < 4.78 is 45.9. The monoisotopic (exact) mass is 396 g/mol. The molecule has 7 nitrogen and oxygen atoms in total. The van der Waals surface area contributed by atoms with Gasteiger partial charge in [0.2, 0.25) is 5.88 Å². The van der Waals surface area contributed by atoms with Crippen LogP contribution in [0.5, 0.6) is 5.88 Å². The fraction of sp³-hybridized carbons (Fsp3) is 0.105. The standard InChI is InChI=1S/C19H11F3N6O/c1-29-16-7-6-15(26-27-16)28-14-5-4-12(19(20,21)22)9-13(14)25-18(28)17-11(10-23)3-2-8-24-17/h2-9H,1H3. The van der Waals surface area contributed by atoms with Crippen LogP contribution in [0, 0.1) is 11.3 Å². The molecule has 0 aliphatic rings. The first-order chi connectivity index (χ1) is 13.9. The van der Waals surface area contributed by atoms with Gasteiger partial charge in [0.25, 0.3) is 0 Å². The molecule has 0 saturated heterocycles. The minimum absolute atomic E-state index is 0.0852. The average molecular weight is 396 g/mol. The van der Waals surface area contributed by atoms with E-state index in [1.54, 1.807) is 24.3 Å². The number of pyridine rings is 1. The van der Waals surface area contributed by atoms with Crippen LogP contribution in [0.4, 0.5) is 13.2 Å². The molecule has 4 rings (SSSR count). The fourth-order valence-corrected chi connectivity index (χ4v) is 2.86. The Morgan fingerprint density at radius 2 is 1.93 bits per heavy atom. The Bertz CT molecular complexity index is 1240. The Hall–Kier alpha value is -4.00. The van der Waals surface area contributed by atoms with Crippen LogP contribution in [0.15, 0.2) is 48.7 Å². The zero-order valence-corrected chi connectivity index (χ0v) is 14.8. The zero-order chi connectivity index (χ0) is 20.6. The number of imidazole rings is 1. The molecule has 0 aliphatic heterocycles. The van der Waals surface area contributed by atoms with Crippen LogP contribution in [-0.2, 0) is 6.18 Å². The van der Waals surface area contributed by atoms with Crippen molar-refractivity contribution in [3.8, 4) is 29.3 Å². The van der Waals surface area contributed by atoms with Gasteiger partial charge in [-0.2, -0.15) is 18.4 Å². The minimum Gasteiger partial charge on any atom is -0.480 e. The van der Waals surface area contributed by atoms with Gasteiger partial charge in [-0.3, -0.25) is 9.55 Å². The molecule has 0 spiro atoms. The number of rotatable bonds is 3. The third-order valence-corrected chi connectivity index (χ3v) is 4.19. The van der Waals surface area contributed by atoms with E-state index in [-0.39, 0.29) is 34.3 Å². The lowest BCUT2D eigenvalue weighted by atomic mass is 10.2. The molecule has 0 amide bonds. The highest BCUT2D eigenvalue weighted by Gasteiger charge is 2.31. The first-order valence-corrected chi connectivity index (χ1v) is 8.25. The minimum atomic E-state index is -4.51. The lowest BCUT2D eigenvalue weighted by molar-refractivity contribution is -0.137. The Labute approximate surface area is 162 Å². The number of fused-ring (bicyclic) bond motifs is 1. The summed E-state index contributed by atoms with van der Waals surface area (Å²) in [6.45, 7) is 0. The summed E-state index contributed by atoms with van der Waals surface area (Å²) >= 11 is 0. The normalized spacial score (nSPS) is 11.4. The molecule has 3 aromatic heterocycles. The largest absolute Gasteiger partial charge is 0.480 e. The van der Waals surface area contributed by atoms with Crippen molar-refractivity contribution in [1.82, 2.24) is 24.7 Å². The maximum absolute atomic E-state index is 13.1. The predicted molar refractivity (Wildman–Crippen MR) is 96.2 cm³/mol. The van der Waals surface area contributed by atoms with Crippen molar-refractivity contribution in [2.75, 3.05) is 7.11 Å². The van der Waals surface area contributed by atoms with Crippen LogP contribution in [0.1, 0.15) is 11.1 Å². The van der Waals surface area contributed by atoms with Gasteiger partial charge in [-0.1, -0.05) is 0 Å². The molecule has 0 atom stereocenters. The van der Waals surface area contributed by atoms with Crippen molar-refractivity contribution in [3.63, 3.8) is 0 Å². The Morgan fingerprint density at radius 1 is 1.10 bits per heavy atom. The van der Waals surface area contributed by atoms with Gasteiger partial charge in [-0.15, -0.1) is 10.2 Å². The van der Waals surface area contributed by atoms with E-state index in [1.165, 1.54) is 23.9 Å². The molecule has 0 bridgehead atoms. The van der Waals surface area contributed by atoms with Crippen LogP contribution in [-0.4, -0.2) is 31.8 Å². The first kappa shape index (κ1) is 18.4. The lowest BCUT2D eigenvalue weighted by Gasteiger charge is -2.09. The van der Waals surface area contributed by atoms with Gasteiger partial charge in [0, 0.05) is 12.3 Å². The highest BCUT2D eigenvalue weighted by Crippen LogP contribution is 2.34. The molecule has 0 N–H and O–H groups in total. The average Bonchev–Trinajstić information content (AvgIpc) is 3.11. The number of nitrogens with zero attached hydrogens (tertiary/aromatic N) is 6. The van der Waals surface area contributed by atoms with Crippen LogP contribution >= 0.6 is 0 Å². The van der Waals surface area contributed by atoms with Crippen LogP contribution in [0.3, 0.4) is 0 Å². The number of methoxy groups -OCH3 is 1. The van der Waals surface area contributed by atoms with E-state index in [9.17, 15) is 18.4 Å². The fourth-order valence-electron chi connectivity index (χ4n) is 2.86. The Morgan fingerprint density at radius 3 is 2.59 bits per heavy atom. The quantitative estimate of drug-likeness (QED) is 0.524. The summed E-state index contributed by atoms with van der Waals surface area (Å²) in [6, 6.07) is 11.5. The molecule has 0 aliphatic carbocycles. The van der Waals surface area contributed by atoms with Crippen LogP contribution < -0.4 is 4.74 Å². The topological polar surface area (TPSA) is 89.5 Å². The van der Waals surface area contributed by atoms with Gasteiger partial charge < -0.3 is 4.74 Å². The molecule has 3 heterocycles. The number of nitriles is 1. The van der Waals surface area contributed by atoms with Crippen molar-refractivity contribution in [2.24, 2.45) is 0 Å². The highest BCUT2D eigenvalue weighted by atomic mass is 19.4. The summed E-state index contributed by atoms with van der Waals surface area (Å²) in [5.41, 5.74) is 0.0616. The van der Waals surface area contributed by atoms with Gasteiger partial charge in [-0.25, -0.2) is 4.98 Å². The number of alkyl halides is 3. The van der Waals surface area contributed by atoms with E-state index in [4.69, 9.17) is 4.74 Å². The van der Waals surface area contributed by atoms with E-state index in [0.717, 1.165) is 12.1 Å². The van der Waals surface area contributed by atoms with Gasteiger partial charge in [0.15, 0.2) is 11.6 Å². The second-order valence-corrected chi connectivity index (χ2v) is 5.92. The van der Waals surface area contributed by atoms with Crippen molar-refractivity contribution in [1.29, 1.82) is 5.26 Å². The third-order valence-electron chi connectivity index (χ3n) is 4.19. The maximum Gasteiger partial charge on any atom is 0.416 e. The molecule has 29 heavy (non-hydrogen) atoms. The first-order valence-electron chi connectivity index (χ1n) is 8.25. The third kappa shape index (κ3) is 3.23. The van der Waals surface area contributed by atoms with Gasteiger partial charge in [0.05, 0.1) is 29.3 Å². The highest BCUT2D eigenvalue weighted by molar-refractivity contribution is 5.83. The molecular weight excluding hydrogens is 385 g/mol. The molecule has 1 aromatic carbocycles. The van der Waals surface area contributed by atoms with Crippen LogP contribution in [0.2, 0.25) is 0 Å². The van der Waals surface area contributed by atoms with E-state index in [2.05, 4.69) is 20.2 Å². The molecule has 10 heteroatoms.